The number of benzene rings is 1. The zero-order valence-corrected chi connectivity index (χ0v) is 15.8. The Morgan fingerprint density at radius 3 is 2.65 bits per heavy atom. The minimum Gasteiger partial charge on any atom is -0.496 e. The van der Waals surface area contributed by atoms with Crippen LogP contribution >= 0.6 is 0 Å². The average molecular weight is 380 g/mol. The fourth-order valence-electron chi connectivity index (χ4n) is 3.07. The summed E-state index contributed by atoms with van der Waals surface area (Å²) in [6.07, 6.45) is 1.60. The molecule has 0 radical (unpaired) electrons. The molecule has 1 aromatic carbocycles. The van der Waals surface area contributed by atoms with E-state index in [2.05, 4.69) is 9.62 Å². The van der Waals surface area contributed by atoms with E-state index in [1.54, 1.807) is 31.6 Å². The van der Waals surface area contributed by atoms with Gasteiger partial charge in [-0.15, -0.1) is 0 Å². The maximum absolute atomic E-state index is 12.7. The summed E-state index contributed by atoms with van der Waals surface area (Å²) in [7, 11) is -2.08. The van der Waals surface area contributed by atoms with Crippen molar-refractivity contribution in [1.82, 2.24) is 9.62 Å². The molecular weight excluding hydrogens is 356 g/mol. The Kier molecular flexibility index (Phi) is 5.98. The van der Waals surface area contributed by atoms with Crippen LogP contribution in [0.2, 0.25) is 0 Å². The molecule has 0 spiro atoms. The fraction of sp³-hybridized carbons (Fsp3) is 0.444. The first kappa shape index (κ1) is 18.9. The standard InChI is InChI=1S/C18H24N2O5S/c1-14-12-15(5-6-17(14)23-2)26(21,22)19-13-16(18-4-3-9-25-18)20-7-10-24-11-8-20/h3-6,9,12,16,19H,7-8,10-11,13H2,1-2H3/t16-/m1/s1. The lowest BCUT2D eigenvalue weighted by atomic mass is 10.2. The first-order valence-corrected chi connectivity index (χ1v) is 9.99. The van der Waals surface area contributed by atoms with E-state index in [9.17, 15) is 8.42 Å². The van der Waals surface area contributed by atoms with Crippen LogP contribution in [0.25, 0.3) is 0 Å². The van der Waals surface area contributed by atoms with E-state index in [0.717, 1.165) is 24.4 Å². The Morgan fingerprint density at radius 1 is 1.27 bits per heavy atom. The molecule has 1 saturated heterocycles. The first-order chi connectivity index (χ1) is 12.5. The molecule has 8 heteroatoms. The lowest BCUT2D eigenvalue weighted by Crippen LogP contribution is -2.43. The minimum absolute atomic E-state index is 0.178. The van der Waals surface area contributed by atoms with Gasteiger partial charge in [0.2, 0.25) is 10.0 Å². The van der Waals surface area contributed by atoms with E-state index in [4.69, 9.17) is 13.9 Å². The quantitative estimate of drug-likeness (QED) is 0.791. The molecule has 0 saturated carbocycles. The molecule has 0 aliphatic carbocycles. The van der Waals surface area contributed by atoms with Gasteiger partial charge >= 0.3 is 0 Å². The van der Waals surface area contributed by atoms with Gasteiger partial charge in [-0.25, -0.2) is 13.1 Å². The van der Waals surface area contributed by atoms with Crippen molar-refractivity contribution < 1.29 is 22.3 Å². The van der Waals surface area contributed by atoms with Gasteiger partial charge in [0, 0.05) is 19.6 Å². The highest BCUT2D eigenvalue weighted by molar-refractivity contribution is 7.89. The van der Waals surface area contributed by atoms with Crippen molar-refractivity contribution in [3.8, 4) is 5.75 Å². The van der Waals surface area contributed by atoms with E-state index in [1.165, 1.54) is 0 Å². The van der Waals surface area contributed by atoms with Gasteiger partial charge in [0.15, 0.2) is 0 Å². The molecule has 1 atom stereocenters. The summed E-state index contributed by atoms with van der Waals surface area (Å²) in [6.45, 7) is 4.75. The summed E-state index contributed by atoms with van der Waals surface area (Å²) in [5.41, 5.74) is 0.770. The summed E-state index contributed by atoms with van der Waals surface area (Å²) in [4.78, 5) is 2.39. The molecule has 2 heterocycles. The third-order valence-electron chi connectivity index (χ3n) is 4.50. The first-order valence-electron chi connectivity index (χ1n) is 8.51. The predicted octanol–water partition coefficient (Wildman–Crippen LogP) is 1.95. The van der Waals surface area contributed by atoms with Crippen molar-refractivity contribution in [2.24, 2.45) is 0 Å². The molecule has 1 aliphatic rings. The fourth-order valence-corrected chi connectivity index (χ4v) is 4.19. The molecule has 0 unspecified atom stereocenters. The Bertz CT molecular complexity index is 814. The van der Waals surface area contributed by atoms with Gasteiger partial charge < -0.3 is 13.9 Å². The van der Waals surface area contributed by atoms with Crippen LogP contribution in [0.4, 0.5) is 0 Å². The van der Waals surface area contributed by atoms with Gasteiger partial charge in [0.25, 0.3) is 0 Å². The monoisotopic (exact) mass is 380 g/mol. The molecule has 1 fully saturated rings. The van der Waals surface area contributed by atoms with Gasteiger partial charge in [-0.1, -0.05) is 0 Å². The second kappa shape index (κ2) is 8.22. The molecule has 3 rings (SSSR count). The number of furan rings is 1. The number of methoxy groups -OCH3 is 1. The highest BCUT2D eigenvalue weighted by Crippen LogP contribution is 2.24. The van der Waals surface area contributed by atoms with E-state index in [-0.39, 0.29) is 17.5 Å². The minimum atomic E-state index is -3.64. The Hall–Kier alpha value is -1.87. The Morgan fingerprint density at radius 2 is 2.04 bits per heavy atom. The number of rotatable bonds is 7. The van der Waals surface area contributed by atoms with Gasteiger partial charge in [-0.3, -0.25) is 4.90 Å². The molecule has 1 aromatic heterocycles. The van der Waals surface area contributed by atoms with Crippen molar-refractivity contribution in [3.05, 3.63) is 47.9 Å². The Balaban J connectivity index is 1.76. The lowest BCUT2D eigenvalue weighted by Gasteiger charge is -2.33. The van der Waals surface area contributed by atoms with Crippen molar-refractivity contribution in [2.45, 2.75) is 17.9 Å². The van der Waals surface area contributed by atoms with Gasteiger partial charge in [0.05, 0.1) is 37.5 Å². The van der Waals surface area contributed by atoms with E-state index < -0.39 is 10.0 Å². The van der Waals surface area contributed by atoms with Crippen LogP contribution in [-0.4, -0.2) is 53.3 Å². The number of aryl methyl sites for hydroxylation is 1. The third kappa shape index (κ3) is 4.27. The zero-order chi connectivity index (χ0) is 18.6. The molecule has 0 bridgehead atoms. The topological polar surface area (TPSA) is 81.0 Å². The highest BCUT2D eigenvalue weighted by Gasteiger charge is 2.27. The summed E-state index contributed by atoms with van der Waals surface area (Å²) in [5, 5.41) is 0. The van der Waals surface area contributed by atoms with Crippen molar-refractivity contribution >= 4 is 10.0 Å². The normalized spacial score (nSPS) is 17.2. The second-order valence-electron chi connectivity index (χ2n) is 6.16. The van der Waals surface area contributed by atoms with Gasteiger partial charge in [-0.05, 0) is 42.8 Å². The summed E-state index contributed by atoms with van der Waals surface area (Å²) >= 11 is 0. The van der Waals surface area contributed by atoms with Crippen LogP contribution < -0.4 is 9.46 Å². The van der Waals surface area contributed by atoms with Crippen LogP contribution in [0.5, 0.6) is 5.75 Å². The SMILES string of the molecule is COc1ccc(S(=O)(=O)NC[C@H](c2ccco2)N2CCOCC2)cc1C. The molecule has 7 nitrogen and oxygen atoms in total. The smallest absolute Gasteiger partial charge is 0.240 e. The summed E-state index contributed by atoms with van der Waals surface area (Å²) in [5.74, 6) is 1.39. The molecule has 142 valence electrons. The molecule has 26 heavy (non-hydrogen) atoms. The number of nitrogens with one attached hydrogen (secondary N) is 1. The van der Waals surface area contributed by atoms with E-state index in [0.29, 0.717) is 19.0 Å². The highest BCUT2D eigenvalue weighted by atomic mass is 32.2. The third-order valence-corrected chi connectivity index (χ3v) is 5.92. The van der Waals surface area contributed by atoms with E-state index >= 15 is 0 Å². The number of nitrogens with zero attached hydrogens (tertiary/aromatic N) is 1. The molecule has 1 aliphatic heterocycles. The number of sulfonamides is 1. The number of hydrogen-bond donors (Lipinski definition) is 1. The molecule has 1 N–H and O–H groups in total. The van der Waals surface area contributed by atoms with Gasteiger partial charge in [0.1, 0.15) is 11.5 Å². The van der Waals surface area contributed by atoms with Crippen LogP contribution in [0.15, 0.2) is 45.9 Å². The summed E-state index contributed by atoms with van der Waals surface area (Å²) in [6, 6.07) is 8.32. The largest absolute Gasteiger partial charge is 0.496 e. The molecule has 0 amide bonds. The average Bonchev–Trinajstić information content (AvgIpc) is 3.17. The number of ether oxygens (including phenoxy) is 2. The van der Waals surface area contributed by atoms with Crippen molar-refractivity contribution in [1.29, 1.82) is 0 Å². The maximum Gasteiger partial charge on any atom is 0.240 e. The lowest BCUT2D eigenvalue weighted by molar-refractivity contribution is 0.0128. The van der Waals surface area contributed by atoms with E-state index in [1.807, 2.05) is 19.1 Å². The molecule has 2 aromatic rings. The second-order valence-corrected chi connectivity index (χ2v) is 7.93. The maximum atomic E-state index is 12.7. The predicted molar refractivity (Wildman–Crippen MR) is 96.8 cm³/mol. The van der Waals surface area contributed by atoms with Crippen molar-refractivity contribution in [2.75, 3.05) is 40.0 Å². The van der Waals surface area contributed by atoms with Gasteiger partial charge in [-0.2, -0.15) is 0 Å². The number of morpholine rings is 1. The van der Waals surface area contributed by atoms with Crippen LogP contribution in [0.3, 0.4) is 0 Å². The zero-order valence-electron chi connectivity index (χ0n) is 15.0. The van der Waals surface area contributed by atoms with Crippen LogP contribution in [0.1, 0.15) is 17.4 Å². The van der Waals surface area contributed by atoms with Crippen molar-refractivity contribution in [3.63, 3.8) is 0 Å². The molecular formula is C18H24N2O5S. The number of hydrogen-bond acceptors (Lipinski definition) is 6. The summed E-state index contributed by atoms with van der Waals surface area (Å²) < 4.78 is 44.3. The van der Waals surface area contributed by atoms with Crippen LogP contribution in [-0.2, 0) is 14.8 Å². The van der Waals surface area contributed by atoms with Crippen LogP contribution in [0, 0.1) is 6.92 Å². The Labute approximate surface area is 153 Å².